The van der Waals surface area contributed by atoms with Crippen LogP contribution in [0.25, 0.3) is 0 Å². The Morgan fingerprint density at radius 2 is 1.44 bits per heavy atom. The van der Waals surface area contributed by atoms with Gasteiger partial charge in [-0.05, 0) is 32.1 Å². The van der Waals surface area contributed by atoms with Gasteiger partial charge in [0.2, 0.25) is 0 Å². The molecular formula is C21H39ClO3. The van der Waals surface area contributed by atoms with Crippen LogP contribution in [0.3, 0.4) is 0 Å². The summed E-state index contributed by atoms with van der Waals surface area (Å²) in [7, 11) is 0. The van der Waals surface area contributed by atoms with Crippen LogP contribution < -0.4 is 0 Å². The number of halogens is 1. The molecule has 0 aliphatic heterocycles. The highest BCUT2D eigenvalue weighted by atomic mass is 35.5. The van der Waals surface area contributed by atoms with Crippen molar-refractivity contribution in [1.29, 1.82) is 0 Å². The fourth-order valence-corrected chi connectivity index (χ4v) is 2.86. The molecule has 0 radical (unpaired) electrons. The Kier molecular flexibility index (Phi) is 19.4. The van der Waals surface area contributed by atoms with E-state index in [9.17, 15) is 4.79 Å². The van der Waals surface area contributed by atoms with Crippen LogP contribution in [-0.2, 0) is 9.53 Å². The number of rotatable bonds is 18. The molecule has 0 aromatic rings. The molecular weight excluding hydrogens is 336 g/mol. The van der Waals surface area contributed by atoms with Crippen molar-refractivity contribution in [2.24, 2.45) is 0 Å². The molecule has 0 saturated carbocycles. The van der Waals surface area contributed by atoms with Gasteiger partial charge in [0.1, 0.15) is 6.10 Å². The molecule has 0 saturated heterocycles. The number of esters is 1. The van der Waals surface area contributed by atoms with E-state index in [2.05, 4.69) is 19.1 Å². The van der Waals surface area contributed by atoms with Gasteiger partial charge in [0.25, 0.3) is 0 Å². The van der Waals surface area contributed by atoms with E-state index in [1.807, 2.05) is 0 Å². The largest absolute Gasteiger partial charge is 0.459 e. The van der Waals surface area contributed by atoms with E-state index in [1.54, 1.807) is 0 Å². The fraction of sp³-hybridized carbons (Fsp3) is 0.857. The minimum Gasteiger partial charge on any atom is -0.459 e. The lowest BCUT2D eigenvalue weighted by Crippen LogP contribution is -2.23. The molecule has 0 fully saturated rings. The lowest BCUT2D eigenvalue weighted by Gasteiger charge is -2.12. The van der Waals surface area contributed by atoms with Crippen molar-refractivity contribution in [3.63, 3.8) is 0 Å². The number of unbranched alkanes of at least 4 members (excludes halogenated alkanes) is 11. The van der Waals surface area contributed by atoms with Crippen molar-refractivity contribution in [1.82, 2.24) is 0 Å². The van der Waals surface area contributed by atoms with E-state index >= 15 is 0 Å². The van der Waals surface area contributed by atoms with Crippen LogP contribution in [0.5, 0.6) is 0 Å². The summed E-state index contributed by atoms with van der Waals surface area (Å²) in [6, 6.07) is 0. The van der Waals surface area contributed by atoms with Crippen molar-refractivity contribution >= 4 is 17.6 Å². The first kappa shape index (κ1) is 24.5. The van der Waals surface area contributed by atoms with Crippen LogP contribution in [0.4, 0.5) is 0 Å². The Morgan fingerprint density at radius 3 is 1.96 bits per heavy atom. The van der Waals surface area contributed by atoms with Crippen molar-refractivity contribution in [2.45, 2.75) is 103 Å². The van der Waals surface area contributed by atoms with Crippen LogP contribution in [0, 0.1) is 0 Å². The molecule has 0 aromatic heterocycles. The van der Waals surface area contributed by atoms with Gasteiger partial charge in [0.15, 0.2) is 0 Å². The van der Waals surface area contributed by atoms with E-state index < -0.39 is 6.10 Å². The summed E-state index contributed by atoms with van der Waals surface area (Å²) in [5.74, 6) is -0.105. The molecule has 0 heterocycles. The molecule has 1 atom stereocenters. The molecule has 148 valence electrons. The first-order valence-corrected chi connectivity index (χ1v) is 10.8. The average Bonchev–Trinajstić information content (AvgIpc) is 2.62. The summed E-state index contributed by atoms with van der Waals surface area (Å²) in [6.45, 7) is 2.05. The number of aliphatic hydroxyl groups is 1. The summed E-state index contributed by atoms with van der Waals surface area (Å²) in [4.78, 5) is 11.5. The second kappa shape index (κ2) is 19.8. The smallest absolute Gasteiger partial charge is 0.306 e. The van der Waals surface area contributed by atoms with Crippen molar-refractivity contribution < 1.29 is 14.6 Å². The molecule has 1 N–H and O–H groups in total. The monoisotopic (exact) mass is 374 g/mol. The van der Waals surface area contributed by atoms with Gasteiger partial charge in [-0.3, -0.25) is 4.79 Å². The van der Waals surface area contributed by atoms with Crippen LogP contribution >= 0.6 is 11.6 Å². The maximum absolute atomic E-state index is 11.5. The van der Waals surface area contributed by atoms with Gasteiger partial charge < -0.3 is 9.84 Å². The van der Waals surface area contributed by atoms with Crippen molar-refractivity contribution in [3.05, 3.63) is 12.2 Å². The molecule has 0 aromatic carbocycles. The quantitative estimate of drug-likeness (QED) is 0.135. The second-order valence-corrected chi connectivity index (χ2v) is 7.09. The van der Waals surface area contributed by atoms with E-state index in [0.717, 1.165) is 19.3 Å². The number of aliphatic hydroxyl groups excluding tert-OH is 1. The van der Waals surface area contributed by atoms with Gasteiger partial charge in [0, 0.05) is 6.42 Å². The third-order valence-corrected chi connectivity index (χ3v) is 4.66. The highest BCUT2D eigenvalue weighted by molar-refractivity contribution is 6.18. The summed E-state index contributed by atoms with van der Waals surface area (Å²) in [5.41, 5.74) is 0. The van der Waals surface area contributed by atoms with Gasteiger partial charge in [-0.2, -0.15) is 0 Å². The van der Waals surface area contributed by atoms with Crippen molar-refractivity contribution in [2.75, 3.05) is 12.5 Å². The van der Waals surface area contributed by atoms with E-state index in [1.165, 1.54) is 64.2 Å². The molecule has 0 aliphatic rings. The SMILES string of the molecule is CCCCCCCC/C=C\CCCCCCCC(=O)O[C@H](CO)CCl. The van der Waals surface area contributed by atoms with E-state index in [-0.39, 0.29) is 18.5 Å². The number of hydrogen-bond donors (Lipinski definition) is 1. The molecule has 0 bridgehead atoms. The maximum atomic E-state index is 11.5. The summed E-state index contributed by atoms with van der Waals surface area (Å²) in [5, 5.41) is 8.91. The van der Waals surface area contributed by atoms with E-state index in [0.29, 0.717) is 6.42 Å². The number of alkyl halides is 1. The molecule has 3 nitrogen and oxygen atoms in total. The topological polar surface area (TPSA) is 46.5 Å². The third kappa shape index (κ3) is 18.1. The molecule has 0 spiro atoms. The second-order valence-electron chi connectivity index (χ2n) is 6.78. The Bertz CT molecular complexity index is 314. The molecule has 0 aliphatic carbocycles. The zero-order chi connectivity index (χ0) is 18.6. The average molecular weight is 375 g/mol. The number of allylic oxidation sites excluding steroid dienone is 2. The molecule has 0 unspecified atom stereocenters. The van der Waals surface area contributed by atoms with Crippen molar-refractivity contribution in [3.8, 4) is 0 Å². The van der Waals surface area contributed by atoms with Crippen LogP contribution in [-0.4, -0.2) is 29.7 Å². The summed E-state index contributed by atoms with van der Waals surface area (Å²) < 4.78 is 5.04. The Hall–Kier alpha value is -0.540. The standard InChI is InChI=1S/C21H39ClO3/c1-2-3-4-5-6-7-8-9-10-11-12-13-14-15-16-17-21(24)25-20(18-22)19-23/h9-10,20,23H,2-8,11-19H2,1H3/b10-9-/t20-/m0/s1. The minimum absolute atomic E-state index is 0.147. The zero-order valence-corrected chi connectivity index (χ0v) is 16.9. The van der Waals surface area contributed by atoms with Crippen LogP contribution in [0.1, 0.15) is 96.8 Å². The predicted octanol–water partition coefficient (Wildman–Crippen LogP) is 6.17. The van der Waals surface area contributed by atoms with Gasteiger partial charge in [0.05, 0.1) is 12.5 Å². The first-order valence-electron chi connectivity index (χ1n) is 10.3. The Morgan fingerprint density at radius 1 is 0.920 bits per heavy atom. The van der Waals surface area contributed by atoms with E-state index in [4.69, 9.17) is 21.4 Å². The first-order chi connectivity index (χ1) is 12.2. The van der Waals surface area contributed by atoms with Gasteiger partial charge in [-0.1, -0.05) is 70.4 Å². The highest BCUT2D eigenvalue weighted by Gasteiger charge is 2.11. The summed E-state index contributed by atoms with van der Waals surface area (Å²) in [6.07, 6.45) is 20.6. The zero-order valence-electron chi connectivity index (χ0n) is 16.2. The lowest BCUT2D eigenvalue weighted by molar-refractivity contribution is -0.149. The molecule has 0 rings (SSSR count). The lowest BCUT2D eigenvalue weighted by atomic mass is 10.1. The molecule has 25 heavy (non-hydrogen) atoms. The minimum atomic E-state index is -0.558. The normalized spacial score (nSPS) is 12.6. The molecule has 0 amide bonds. The Balaban J connectivity index is 3.28. The third-order valence-electron chi connectivity index (χ3n) is 4.32. The van der Waals surface area contributed by atoms with Crippen LogP contribution in [0.15, 0.2) is 12.2 Å². The number of ether oxygens (including phenoxy) is 1. The summed E-state index contributed by atoms with van der Waals surface area (Å²) >= 11 is 5.57. The van der Waals surface area contributed by atoms with Crippen LogP contribution in [0.2, 0.25) is 0 Å². The highest BCUT2D eigenvalue weighted by Crippen LogP contribution is 2.10. The van der Waals surface area contributed by atoms with Gasteiger partial charge >= 0.3 is 5.97 Å². The predicted molar refractivity (Wildman–Crippen MR) is 107 cm³/mol. The van der Waals surface area contributed by atoms with Gasteiger partial charge in [-0.25, -0.2) is 0 Å². The van der Waals surface area contributed by atoms with Gasteiger partial charge in [-0.15, -0.1) is 11.6 Å². The molecule has 4 heteroatoms. The maximum Gasteiger partial charge on any atom is 0.306 e. The fourth-order valence-electron chi connectivity index (χ4n) is 2.70. The number of carbonyl (C=O) groups is 1. The Labute approximate surface area is 160 Å². The number of carbonyl (C=O) groups excluding carboxylic acids is 1. The number of hydrogen-bond acceptors (Lipinski definition) is 3.